The smallest absolute Gasteiger partial charge is 0.0641 e. The first kappa shape index (κ1) is 12.6. The van der Waals surface area contributed by atoms with Gasteiger partial charge >= 0.3 is 0 Å². The van der Waals surface area contributed by atoms with Crippen LogP contribution in [0.4, 0.5) is 0 Å². The van der Waals surface area contributed by atoms with E-state index in [4.69, 9.17) is 0 Å². The molecule has 0 spiro atoms. The van der Waals surface area contributed by atoms with Crippen molar-refractivity contribution in [3.05, 3.63) is 17.0 Å². The van der Waals surface area contributed by atoms with E-state index in [1.165, 1.54) is 30.6 Å². The molecular formula is C13H24N4. The first-order valence-corrected chi connectivity index (χ1v) is 6.59. The van der Waals surface area contributed by atoms with Gasteiger partial charge in [0.1, 0.15) is 0 Å². The Balaban J connectivity index is 1.81. The predicted octanol–water partition coefficient (Wildman–Crippen LogP) is 1.13. The van der Waals surface area contributed by atoms with Crippen molar-refractivity contribution in [1.29, 1.82) is 0 Å². The Hall–Kier alpha value is -0.870. The molecule has 1 fully saturated rings. The maximum atomic E-state index is 4.44. The van der Waals surface area contributed by atoms with Gasteiger partial charge in [0, 0.05) is 24.8 Å². The molecule has 1 aliphatic rings. The molecule has 0 aromatic carbocycles. The number of rotatable bonds is 4. The molecule has 0 radical (unpaired) electrons. The van der Waals surface area contributed by atoms with Crippen LogP contribution < -0.4 is 10.6 Å². The Bertz CT molecular complexity index is 364. The van der Waals surface area contributed by atoms with Gasteiger partial charge in [0.2, 0.25) is 0 Å². The lowest BCUT2D eigenvalue weighted by molar-refractivity contribution is 0.359. The van der Waals surface area contributed by atoms with Crippen LogP contribution in [0.3, 0.4) is 0 Å². The van der Waals surface area contributed by atoms with Crippen LogP contribution >= 0.6 is 0 Å². The van der Waals surface area contributed by atoms with Gasteiger partial charge in [-0.2, -0.15) is 5.10 Å². The normalized spacial score (nSPS) is 20.8. The second-order valence-electron chi connectivity index (χ2n) is 5.12. The molecule has 1 aromatic heterocycles. The molecule has 1 unspecified atom stereocenters. The van der Waals surface area contributed by atoms with E-state index >= 15 is 0 Å². The molecule has 1 atom stereocenters. The van der Waals surface area contributed by atoms with Crippen LogP contribution in [-0.2, 0) is 13.6 Å². The standard InChI is InChI=1S/C13H24N4/c1-10-13(11(2)17(3)16-10)9-15-8-12-5-4-6-14-7-12/h12,14-15H,4-9H2,1-3H3. The van der Waals surface area contributed by atoms with Gasteiger partial charge in [0.25, 0.3) is 0 Å². The summed E-state index contributed by atoms with van der Waals surface area (Å²) in [5, 5.41) is 11.5. The van der Waals surface area contributed by atoms with Crippen LogP contribution in [0.5, 0.6) is 0 Å². The number of aromatic nitrogens is 2. The van der Waals surface area contributed by atoms with E-state index in [-0.39, 0.29) is 0 Å². The molecule has 2 rings (SSSR count). The van der Waals surface area contributed by atoms with Gasteiger partial charge in [-0.3, -0.25) is 4.68 Å². The summed E-state index contributed by atoms with van der Waals surface area (Å²) in [6.45, 7) is 8.64. The second kappa shape index (κ2) is 5.65. The largest absolute Gasteiger partial charge is 0.316 e. The van der Waals surface area contributed by atoms with Crippen molar-refractivity contribution in [1.82, 2.24) is 20.4 Å². The monoisotopic (exact) mass is 236 g/mol. The average molecular weight is 236 g/mol. The Labute approximate surface area is 104 Å². The Morgan fingerprint density at radius 3 is 2.88 bits per heavy atom. The highest BCUT2D eigenvalue weighted by Gasteiger charge is 2.13. The summed E-state index contributed by atoms with van der Waals surface area (Å²) >= 11 is 0. The summed E-state index contributed by atoms with van der Waals surface area (Å²) in [5.74, 6) is 0.793. The molecule has 1 aromatic rings. The first-order chi connectivity index (χ1) is 8.18. The summed E-state index contributed by atoms with van der Waals surface area (Å²) in [6.07, 6.45) is 2.67. The fourth-order valence-corrected chi connectivity index (χ4v) is 2.57. The third kappa shape index (κ3) is 3.07. The average Bonchev–Trinajstić information content (AvgIpc) is 2.57. The molecule has 0 bridgehead atoms. The lowest BCUT2D eigenvalue weighted by Crippen LogP contribution is -2.35. The predicted molar refractivity (Wildman–Crippen MR) is 70.0 cm³/mol. The van der Waals surface area contributed by atoms with Gasteiger partial charge < -0.3 is 10.6 Å². The van der Waals surface area contributed by atoms with E-state index in [9.17, 15) is 0 Å². The minimum Gasteiger partial charge on any atom is -0.316 e. The minimum atomic E-state index is 0.793. The fraction of sp³-hybridized carbons (Fsp3) is 0.769. The van der Waals surface area contributed by atoms with Crippen LogP contribution in [0.1, 0.15) is 29.8 Å². The summed E-state index contributed by atoms with van der Waals surface area (Å²) < 4.78 is 1.97. The number of nitrogens with one attached hydrogen (secondary N) is 2. The van der Waals surface area contributed by atoms with E-state index in [2.05, 4.69) is 29.6 Å². The lowest BCUT2D eigenvalue weighted by atomic mass is 10.00. The Morgan fingerprint density at radius 2 is 2.29 bits per heavy atom. The van der Waals surface area contributed by atoms with Gasteiger partial charge in [-0.05, 0) is 52.2 Å². The van der Waals surface area contributed by atoms with E-state index in [0.29, 0.717) is 0 Å². The van der Waals surface area contributed by atoms with Gasteiger partial charge in [0.15, 0.2) is 0 Å². The van der Waals surface area contributed by atoms with Crippen molar-refractivity contribution < 1.29 is 0 Å². The molecule has 4 nitrogen and oxygen atoms in total. The zero-order valence-corrected chi connectivity index (χ0v) is 11.2. The number of hydrogen-bond donors (Lipinski definition) is 2. The fourth-order valence-electron chi connectivity index (χ4n) is 2.57. The molecule has 0 amide bonds. The van der Waals surface area contributed by atoms with Gasteiger partial charge in [-0.15, -0.1) is 0 Å². The van der Waals surface area contributed by atoms with E-state index in [1.54, 1.807) is 0 Å². The van der Waals surface area contributed by atoms with Crippen molar-refractivity contribution in [3.63, 3.8) is 0 Å². The maximum Gasteiger partial charge on any atom is 0.0641 e. The molecule has 1 aliphatic heterocycles. The zero-order valence-electron chi connectivity index (χ0n) is 11.2. The topological polar surface area (TPSA) is 41.9 Å². The highest BCUT2D eigenvalue weighted by atomic mass is 15.3. The molecule has 17 heavy (non-hydrogen) atoms. The molecule has 2 heterocycles. The summed E-state index contributed by atoms with van der Waals surface area (Å²) in [5.41, 5.74) is 3.78. The van der Waals surface area contributed by atoms with Crippen molar-refractivity contribution in [3.8, 4) is 0 Å². The van der Waals surface area contributed by atoms with Crippen molar-refractivity contribution >= 4 is 0 Å². The second-order valence-corrected chi connectivity index (χ2v) is 5.12. The third-order valence-corrected chi connectivity index (χ3v) is 3.79. The summed E-state index contributed by atoms with van der Waals surface area (Å²) in [4.78, 5) is 0. The molecule has 1 saturated heterocycles. The Morgan fingerprint density at radius 1 is 1.47 bits per heavy atom. The van der Waals surface area contributed by atoms with Crippen LogP contribution in [-0.4, -0.2) is 29.4 Å². The molecule has 0 aliphatic carbocycles. The number of aryl methyl sites for hydroxylation is 2. The highest BCUT2D eigenvalue weighted by molar-refractivity contribution is 5.23. The lowest BCUT2D eigenvalue weighted by Gasteiger charge is -2.23. The maximum absolute atomic E-state index is 4.44. The van der Waals surface area contributed by atoms with Crippen LogP contribution in [0.25, 0.3) is 0 Å². The van der Waals surface area contributed by atoms with E-state index in [1.807, 2.05) is 11.7 Å². The highest BCUT2D eigenvalue weighted by Crippen LogP contribution is 2.12. The van der Waals surface area contributed by atoms with Crippen molar-refractivity contribution in [2.24, 2.45) is 13.0 Å². The number of hydrogen-bond acceptors (Lipinski definition) is 3. The molecule has 2 N–H and O–H groups in total. The zero-order chi connectivity index (χ0) is 12.3. The number of nitrogens with zero attached hydrogens (tertiary/aromatic N) is 2. The Kier molecular flexibility index (Phi) is 4.18. The SMILES string of the molecule is Cc1nn(C)c(C)c1CNCC1CCCNC1. The van der Waals surface area contributed by atoms with Crippen LogP contribution in [0.15, 0.2) is 0 Å². The van der Waals surface area contributed by atoms with Gasteiger partial charge in [-0.1, -0.05) is 0 Å². The number of piperidine rings is 1. The quantitative estimate of drug-likeness (QED) is 0.823. The van der Waals surface area contributed by atoms with Gasteiger partial charge in [-0.25, -0.2) is 0 Å². The first-order valence-electron chi connectivity index (χ1n) is 6.59. The summed E-state index contributed by atoms with van der Waals surface area (Å²) in [7, 11) is 2.01. The molecule has 0 saturated carbocycles. The molecule has 4 heteroatoms. The van der Waals surface area contributed by atoms with Crippen molar-refractivity contribution in [2.45, 2.75) is 33.2 Å². The third-order valence-electron chi connectivity index (χ3n) is 3.79. The summed E-state index contributed by atoms with van der Waals surface area (Å²) in [6, 6.07) is 0. The van der Waals surface area contributed by atoms with Crippen LogP contribution in [0.2, 0.25) is 0 Å². The van der Waals surface area contributed by atoms with Gasteiger partial charge in [0.05, 0.1) is 5.69 Å². The van der Waals surface area contributed by atoms with E-state index in [0.717, 1.165) is 31.2 Å². The van der Waals surface area contributed by atoms with Crippen LogP contribution in [0, 0.1) is 19.8 Å². The molecular weight excluding hydrogens is 212 g/mol. The van der Waals surface area contributed by atoms with E-state index < -0.39 is 0 Å². The van der Waals surface area contributed by atoms with Crippen molar-refractivity contribution in [2.75, 3.05) is 19.6 Å². The minimum absolute atomic E-state index is 0.793. The molecule has 96 valence electrons.